The van der Waals surface area contributed by atoms with Crippen molar-refractivity contribution in [1.82, 2.24) is 0 Å². The van der Waals surface area contributed by atoms with Crippen molar-refractivity contribution in [3.05, 3.63) is 20.8 Å². The van der Waals surface area contributed by atoms with Crippen LogP contribution in [-0.4, -0.2) is 39.3 Å². The zero-order valence-electron chi connectivity index (χ0n) is 10.1. The third-order valence-corrected chi connectivity index (χ3v) is 0. The number of halogens is 2. The molecule has 0 saturated carbocycles. The van der Waals surface area contributed by atoms with Gasteiger partial charge in [-0.25, -0.2) is 0 Å². The van der Waals surface area contributed by atoms with Crippen molar-refractivity contribution in [3.8, 4) is 0 Å². The second-order valence-electron chi connectivity index (χ2n) is 3.87. The molecule has 0 atom stereocenters. The second kappa shape index (κ2) is 19.0. The van der Waals surface area contributed by atoms with Crippen LogP contribution in [0.4, 0.5) is 0 Å². The molecule has 0 aliphatic rings. The van der Waals surface area contributed by atoms with Crippen molar-refractivity contribution in [2.45, 2.75) is 0 Å². The molecule has 0 bridgehead atoms. The Bertz CT molecular complexity index is 136. The van der Waals surface area contributed by atoms with E-state index in [0.29, 0.717) is 0 Å². The van der Waals surface area contributed by atoms with E-state index >= 15 is 0 Å². The fourth-order valence-electron chi connectivity index (χ4n) is 0. The Labute approximate surface area is 131 Å². The van der Waals surface area contributed by atoms with Gasteiger partial charge in [0.2, 0.25) is 0 Å². The van der Waals surface area contributed by atoms with Gasteiger partial charge in [0.25, 0.3) is 0 Å². The number of hydrogen-bond donors (Lipinski definition) is 0. The van der Waals surface area contributed by atoms with Crippen molar-refractivity contribution in [2.24, 2.45) is 0 Å². The Balaban J connectivity index is -0.0000000318. The van der Waals surface area contributed by atoms with Crippen LogP contribution in [0.1, 0.15) is 0 Å². The first-order chi connectivity index (χ1) is 6.00. The zero-order chi connectivity index (χ0) is 13.0. The van der Waals surface area contributed by atoms with Crippen molar-refractivity contribution in [3.63, 3.8) is 0 Å². The Morgan fingerprint density at radius 3 is 0.800 bits per heavy atom. The SMILES string of the molecule is C=P([CH2-])(C)C.C=P([CH2-])(C)C.[CH3-].[Cl][Au].[Cl][Au]. The summed E-state index contributed by atoms with van der Waals surface area (Å²) in [6.07, 6.45) is 7.54. The van der Waals surface area contributed by atoms with Crippen LogP contribution in [0.2, 0.25) is 0 Å². The first-order valence-corrected chi connectivity index (χ1v) is 14.8. The van der Waals surface area contributed by atoms with Crippen LogP contribution in [0.25, 0.3) is 0 Å². The molecule has 0 fully saturated rings. The predicted molar refractivity (Wildman–Crippen MR) is 80.6 cm³/mol. The molecule has 0 heterocycles. The third-order valence-electron chi connectivity index (χ3n) is 0. The van der Waals surface area contributed by atoms with Gasteiger partial charge in [-0.1, -0.05) is 26.7 Å². The Hall–Kier alpha value is 2.66. The summed E-state index contributed by atoms with van der Waals surface area (Å²) in [5, 5.41) is 0. The van der Waals surface area contributed by atoms with Gasteiger partial charge in [0.1, 0.15) is 0 Å². The van der Waals surface area contributed by atoms with Crippen LogP contribution in [0.15, 0.2) is 0 Å². The molecular weight excluding hydrogens is 635 g/mol. The van der Waals surface area contributed by atoms with E-state index in [4.69, 9.17) is 0 Å². The molecule has 0 aromatic carbocycles. The topological polar surface area (TPSA) is 0 Å². The molecule has 0 amide bonds. The second-order valence-corrected chi connectivity index (χ2v) is 11.6. The summed E-state index contributed by atoms with van der Waals surface area (Å²) < 4.78 is 0. The molecule has 6 heteroatoms. The molecule has 0 aromatic rings. The monoisotopic (exact) mass is 657 g/mol. The van der Waals surface area contributed by atoms with Crippen LogP contribution < -0.4 is 0 Å². The van der Waals surface area contributed by atoms with Gasteiger partial charge in [-0.15, -0.1) is 12.6 Å². The molecule has 0 nitrogen and oxygen atoms in total. The van der Waals surface area contributed by atoms with E-state index in [9.17, 15) is 0 Å². The van der Waals surface area contributed by atoms with Crippen LogP contribution in [0.5, 0.6) is 0 Å². The normalized spacial score (nSPS) is 8.80. The average molecular weight is 658 g/mol. The zero-order valence-corrected chi connectivity index (χ0v) is 17.7. The van der Waals surface area contributed by atoms with Crippen molar-refractivity contribution < 1.29 is 40.0 Å². The van der Waals surface area contributed by atoms with E-state index < -0.39 is 13.8 Å². The van der Waals surface area contributed by atoms with E-state index in [2.05, 4.69) is 71.0 Å². The summed E-state index contributed by atoms with van der Waals surface area (Å²) >= 11 is 3.50. The predicted octanol–water partition coefficient (Wildman–Crippen LogP) is 4.80. The van der Waals surface area contributed by atoms with Crippen molar-refractivity contribution >= 4 is 44.7 Å². The summed E-state index contributed by atoms with van der Waals surface area (Å²) in [6, 6.07) is 0. The van der Waals surface area contributed by atoms with Gasteiger partial charge >= 0.3 is 58.4 Å². The van der Waals surface area contributed by atoms with Gasteiger partial charge in [-0.2, -0.15) is 0 Å². The molecule has 0 aromatic heterocycles. The molecule has 0 rings (SSSR count). The summed E-state index contributed by atoms with van der Waals surface area (Å²) in [5.41, 5.74) is 0. The fraction of sp³-hybridized carbons (Fsp3) is 0.444. The van der Waals surface area contributed by atoms with Gasteiger partial charge in [0.15, 0.2) is 0 Å². The molecule has 15 heavy (non-hydrogen) atoms. The van der Waals surface area contributed by atoms with Gasteiger partial charge in [-0.3, -0.25) is 13.8 Å². The van der Waals surface area contributed by atoms with Gasteiger partial charge < -0.3 is 20.8 Å². The summed E-state index contributed by atoms with van der Waals surface area (Å²) in [4.78, 5) is 0. The molecule has 0 aliphatic carbocycles. The molecule has 0 N–H and O–H groups in total. The summed E-state index contributed by atoms with van der Waals surface area (Å²) in [5.74, 6) is 0. The number of hydrogen-bond acceptors (Lipinski definition) is 0. The Morgan fingerprint density at radius 1 is 0.800 bits per heavy atom. The third kappa shape index (κ3) is 506. The molecule has 0 aliphatic heterocycles. The quantitative estimate of drug-likeness (QED) is 0.200. The maximum absolute atomic E-state index is 4.58. The van der Waals surface area contributed by atoms with E-state index in [1.165, 1.54) is 0 Å². The van der Waals surface area contributed by atoms with Crippen molar-refractivity contribution in [1.29, 1.82) is 0 Å². The first kappa shape index (κ1) is 30.6. The fourth-order valence-corrected chi connectivity index (χ4v) is 0. The van der Waals surface area contributed by atoms with Crippen LogP contribution >= 0.6 is 32.2 Å². The standard InChI is InChI=1S/2C4H10P.CH3.2Au.2ClH/c2*1-5(2,3)4;;;;;/h2*1-2H2,3-4H3;1H3;;;2*1H/q3*-1;2*+1;;/p-2. The van der Waals surface area contributed by atoms with E-state index in [1.807, 2.05) is 0 Å². The Kier molecular flexibility index (Phi) is 38.8. The van der Waals surface area contributed by atoms with E-state index in [0.717, 1.165) is 0 Å². The van der Waals surface area contributed by atoms with Crippen LogP contribution in [-0.2, 0) is 40.0 Å². The van der Waals surface area contributed by atoms with Gasteiger partial charge in [-0.05, 0) is 0 Å². The molecule has 0 spiro atoms. The molecule has 108 valence electrons. The minimum absolute atomic E-state index is 0. The minimum atomic E-state index is -0.889. The first-order valence-electron chi connectivity index (χ1n) is 3.28. The Morgan fingerprint density at radius 2 is 0.800 bits per heavy atom. The van der Waals surface area contributed by atoms with Crippen molar-refractivity contribution in [2.75, 3.05) is 26.7 Å². The van der Waals surface area contributed by atoms with Gasteiger partial charge in [0.05, 0.1) is 0 Å². The molecule has 0 radical (unpaired) electrons. The van der Waals surface area contributed by atoms with Crippen LogP contribution in [0, 0.1) is 20.8 Å². The van der Waals surface area contributed by atoms with E-state index in [-0.39, 0.29) is 7.43 Å². The summed E-state index contributed by atoms with van der Waals surface area (Å²) in [7, 11) is 9.17. The summed E-state index contributed by atoms with van der Waals surface area (Å²) in [6.45, 7) is 14.1. The molecule has 0 saturated heterocycles. The molecule has 0 unspecified atom stereocenters. The molecular formula is C9H23Au2Cl2P2-3. The van der Waals surface area contributed by atoms with Crippen LogP contribution in [0.3, 0.4) is 0 Å². The maximum atomic E-state index is 4.58. The number of rotatable bonds is 0. The average Bonchev–Trinajstić information content (AvgIpc) is 1.88. The van der Waals surface area contributed by atoms with Gasteiger partial charge in [0, 0.05) is 0 Å². The van der Waals surface area contributed by atoms with E-state index in [1.54, 1.807) is 40.0 Å².